The molecular weight excluding hydrogens is 600 g/mol. The van der Waals surface area contributed by atoms with Crippen LogP contribution in [0.3, 0.4) is 0 Å². The number of hydrogen-bond acceptors (Lipinski definition) is 6. The van der Waals surface area contributed by atoms with Crippen LogP contribution < -0.4 is 0 Å². The Hall–Kier alpha value is -1.59. The van der Waals surface area contributed by atoms with Crippen molar-refractivity contribution in [3.05, 3.63) is 0 Å². The quantitative estimate of drug-likeness (QED) is 0.0372. The lowest BCUT2D eigenvalue weighted by Gasteiger charge is -2.18. The van der Waals surface area contributed by atoms with Crippen LogP contribution in [-0.2, 0) is 28.6 Å². The van der Waals surface area contributed by atoms with Crippen molar-refractivity contribution in [1.82, 2.24) is 0 Å². The molecule has 6 heteroatoms. The maximum atomic E-state index is 12.6. The molecule has 0 saturated carbocycles. The number of rotatable bonds is 36. The molecule has 0 spiro atoms. The van der Waals surface area contributed by atoms with E-state index in [1.807, 2.05) is 0 Å². The fourth-order valence-electron chi connectivity index (χ4n) is 6.05. The van der Waals surface area contributed by atoms with Gasteiger partial charge in [0.05, 0.1) is 0 Å². The predicted octanol–water partition coefficient (Wildman–Crippen LogP) is 12.6. The summed E-state index contributed by atoms with van der Waals surface area (Å²) in [4.78, 5) is 37.4. The second kappa shape index (κ2) is 35.2. The van der Waals surface area contributed by atoms with Crippen LogP contribution in [0.2, 0.25) is 0 Å². The average Bonchev–Trinajstić information content (AvgIpc) is 3.04. The second-order valence-corrected chi connectivity index (χ2v) is 15.2. The summed E-state index contributed by atoms with van der Waals surface area (Å²) in [5, 5.41) is 0. The molecule has 0 amide bonds. The highest BCUT2D eigenvalue weighted by molar-refractivity contribution is 5.71. The van der Waals surface area contributed by atoms with Gasteiger partial charge in [0.1, 0.15) is 13.2 Å². The maximum Gasteiger partial charge on any atom is 0.306 e. The van der Waals surface area contributed by atoms with Crippen molar-refractivity contribution in [3.63, 3.8) is 0 Å². The lowest BCUT2D eigenvalue weighted by molar-refractivity contribution is -0.167. The zero-order chi connectivity index (χ0) is 35.5. The van der Waals surface area contributed by atoms with Crippen molar-refractivity contribution in [3.8, 4) is 0 Å². The van der Waals surface area contributed by atoms with E-state index in [2.05, 4.69) is 34.6 Å². The summed E-state index contributed by atoms with van der Waals surface area (Å²) in [5.74, 6) is 0.733. The number of carbonyl (C=O) groups excluding carboxylic acids is 3. The van der Waals surface area contributed by atoms with Crippen LogP contribution in [0.4, 0.5) is 0 Å². The minimum absolute atomic E-state index is 0.0666. The highest BCUT2D eigenvalue weighted by atomic mass is 16.6. The van der Waals surface area contributed by atoms with Crippen LogP contribution in [0.25, 0.3) is 0 Å². The van der Waals surface area contributed by atoms with Crippen molar-refractivity contribution in [2.24, 2.45) is 11.8 Å². The average molecular weight is 681 g/mol. The van der Waals surface area contributed by atoms with Crippen molar-refractivity contribution in [2.45, 2.75) is 227 Å². The summed E-state index contributed by atoms with van der Waals surface area (Å²) in [6.07, 6.45) is 31.0. The monoisotopic (exact) mass is 681 g/mol. The molecule has 1 atom stereocenters. The predicted molar refractivity (Wildman–Crippen MR) is 201 cm³/mol. The lowest BCUT2D eigenvalue weighted by atomic mass is 10.0. The molecule has 0 aliphatic carbocycles. The molecule has 0 saturated heterocycles. The molecule has 0 N–H and O–H groups in total. The molecule has 0 unspecified atom stereocenters. The maximum absolute atomic E-state index is 12.6. The van der Waals surface area contributed by atoms with E-state index in [1.165, 1.54) is 109 Å². The first-order valence-electron chi connectivity index (χ1n) is 20.7. The van der Waals surface area contributed by atoms with Crippen LogP contribution in [0.15, 0.2) is 0 Å². The van der Waals surface area contributed by atoms with Gasteiger partial charge in [0.2, 0.25) is 0 Å². The van der Waals surface area contributed by atoms with Crippen LogP contribution in [0.5, 0.6) is 0 Å². The summed E-state index contributed by atoms with van der Waals surface area (Å²) in [6.45, 7) is 11.2. The van der Waals surface area contributed by atoms with Crippen molar-refractivity contribution < 1.29 is 28.6 Å². The number of unbranched alkanes of at least 4 members (excludes halogenated alkanes) is 21. The van der Waals surface area contributed by atoms with Gasteiger partial charge in [-0.2, -0.15) is 0 Å². The van der Waals surface area contributed by atoms with Crippen LogP contribution in [0.1, 0.15) is 221 Å². The molecule has 0 bridgehead atoms. The molecule has 0 aromatic rings. The Bertz CT molecular complexity index is 734. The summed E-state index contributed by atoms with van der Waals surface area (Å²) in [5.41, 5.74) is 0. The third-order valence-corrected chi connectivity index (χ3v) is 9.22. The summed E-state index contributed by atoms with van der Waals surface area (Å²) >= 11 is 0. The van der Waals surface area contributed by atoms with Gasteiger partial charge in [-0.3, -0.25) is 14.4 Å². The minimum atomic E-state index is -0.758. The summed E-state index contributed by atoms with van der Waals surface area (Å²) in [7, 11) is 0. The van der Waals surface area contributed by atoms with E-state index in [0.717, 1.165) is 69.6 Å². The van der Waals surface area contributed by atoms with Crippen molar-refractivity contribution in [2.75, 3.05) is 13.2 Å². The van der Waals surface area contributed by atoms with Crippen molar-refractivity contribution in [1.29, 1.82) is 0 Å². The van der Waals surface area contributed by atoms with Crippen LogP contribution in [0, 0.1) is 11.8 Å². The molecule has 0 fully saturated rings. The van der Waals surface area contributed by atoms with E-state index in [0.29, 0.717) is 19.3 Å². The van der Waals surface area contributed by atoms with Gasteiger partial charge < -0.3 is 14.2 Å². The van der Waals surface area contributed by atoms with Gasteiger partial charge >= 0.3 is 17.9 Å². The number of esters is 3. The highest BCUT2D eigenvalue weighted by Crippen LogP contribution is 2.16. The Morgan fingerprint density at radius 2 is 0.688 bits per heavy atom. The second-order valence-electron chi connectivity index (χ2n) is 15.2. The van der Waals surface area contributed by atoms with Gasteiger partial charge in [-0.05, 0) is 31.1 Å². The fourth-order valence-corrected chi connectivity index (χ4v) is 6.05. The van der Waals surface area contributed by atoms with Gasteiger partial charge in [-0.1, -0.05) is 182 Å². The Morgan fingerprint density at radius 3 is 1.02 bits per heavy atom. The Labute approximate surface area is 298 Å². The van der Waals surface area contributed by atoms with E-state index in [9.17, 15) is 14.4 Å². The van der Waals surface area contributed by atoms with Gasteiger partial charge in [0, 0.05) is 19.3 Å². The smallest absolute Gasteiger partial charge is 0.306 e. The molecule has 0 aliphatic heterocycles. The molecule has 0 aliphatic rings. The van der Waals surface area contributed by atoms with Gasteiger partial charge in [0.15, 0.2) is 6.10 Å². The molecule has 0 aromatic heterocycles. The van der Waals surface area contributed by atoms with Gasteiger partial charge in [-0.15, -0.1) is 0 Å². The van der Waals surface area contributed by atoms with Gasteiger partial charge in [0.25, 0.3) is 0 Å². The van der Waals surface area contributed by atoms with E-state index >= 15 is 0 Å². The molecule has 284 valence electrons. The van der Waals surface area contributed by atoms with Crippen molar-refractivity contribution >= 4 is 17.9 Å². The SMILES string of the molecule is CCCCCCCCCC(=O)O[C@@H](COC(=O)CCCCCCCCCCCC(C)C)COC(=O)CCCCCCCCCCC(C)C. The standard InChI is InChI=1S/C42H80O6/c1-6-7-8-9-15-24-29-34-42(45)48-39(36-47-41(44)33-28-23-19-14-13-17-21-26-31-38(4)5)35-46-40(43)32-27-22-18-12-10-11-16-20-25-30-37(2)3/h37-39H,6-36H2,1-5H3/t39-/m0/s1. The first-order valence-corrected chi connectivity index (χ1v) is 20.7. The number of ether oxygens (including phenoxy) is 3. The first-order chi connectivity index (χ1) is 23.2. The first kappa shape index (κ1) is 46.4. The lowest BCUT2D eigenvalue weighted by Crippen LogP contribution is -2.30. The van der Waals surface area contributed by atoms with Gasteiger partial charge in [-0.25, -0.2) is 0 Å². The molecule has 6 nitrogen and oxygen atoms in total. The molecule has 0 radical (unpaired) electrons. The molecule has 0 rings (SSSR count). The normalized spacial score (nSPS) is 12.1. The zero-order valence-electron chi connectivity index (χ0n) is 32.6. The number of hydrogen-bond donors (Lipinski definition) is 0. The van der Waals surface area contributed by atoms with E-state index in [-0.39, 0.29) is 31.1 Å². The zero-order valence-corrected chi connectivity index (χ0v) is 32.6. The number of carbonyl (C=O) groups is 3. The minimum Gasteiger partial charge on any atom is -0.462 e. The molecule has 0 aromatic carbocycles. The Morgan fingerprint density at radius 1 is 0.396 bits per heavy atom. The third-order valence-electron chi connectivity index (χ3n) is 9.22. The van der Waals surface area contributed by atoms with Crippen LogP contribution >= 0.6 is 0 Å². The summed E-state index contributed by atoms with van der Waals surface area (Å²) < 4.78 is 16.6. The topological polar surface area (TPSA) is 78.9 Å². The van der Waals surface area contributed by atoms with E-state index in [4.69, 9.17) is 14.2 Å². The Balaban J connectivity index is 4.29. The molecule has 0 heterocycles. The summed E-state index contributed by atoms with van der Waals surface area (Å²) in [6, 6.07) is 0. The largest absolute Gasteiger partial charge is 0.462 e. The third kappa shape index (κ3) is 35.7. The fraction of sp³-hybridized carbons (Fsp3) is 0.929. The van der Waals surface area contributed by atoms with Crippen LogP contribution in [-0.4, -0.2) is 37.2 Å². The molecule has 48 heavy (non-hydrogen) atoms. The van der Waals surface area contributed by atoms with E-state index < -0.39 is 6.10 Å². The van der Waals surface area contributed by atoms with E-state index in [1.54, 1.807) is 0 Å². The Kier molecular flexibility index (Phi) is 34.1. The molecular formula is C42H80O6. The highest BCUT2D eigenvalue weighted by Gasteiger charge is 2.19.